The molecule has 0 saturated carbocycles. The zero-order chi connectivity index (χ0) is 7.52. The SMILES string of the molecule is C1=CC2CNCCNC2C=C1. The predicted molar refractivity (Wildman–Crippen MR) is 46.4 cm³/mol. The maximum absolute atomic E-state index is 3.48. The van der Waals surface area contributed by atoms with Gasteiger partial charge in [-0.15, -0.1) is 0 Å². The van der Waals surface area contributed by atoms with Gasteiger partial charge in [0, 0.05) is 31.6 Å². The summed E-state index contributed by atoms with van der Waals surface area (Å²) >= 11 is 0. The summed E-state index contributed by atoms with van der Waals surface area (Å²) in [6.45, 7) is 3.28. The molecule has 60 valence electrons. The van der Waals surface area contributed by atoms with Gasteiger partial charge in [0.2, 0.25) is 0 Å². The van der Waals surface area contributed by atoms with E-state index in [1.165, 1.54) is 0 Å². The third kappa shape index (κ3) is 1.52. The van der Waals surface area contributed by atoms with Gasteiger partial charge in [-0.05, 0) is 0 Å². The zero-order valence-corrected chi connectivity index (χ0v) is 6.59. The van der Waals surface area contributed by atoms with Gasteiger partial charge in [0.25, 0.3) is 0 Å². The Morgan fingerprint density at radius 3 is 3.00 bits per heavy atom. The van der Waals surface area contributed by atoms with Crippen molar-refractivity contribution in [1.82, 2.24) is 10.6 Å². The standard InChI is InChI=1S/C9H14N2/c1-2-4-9-8(3-1)7-10-5-6-11-9/h1-4,8-11H,5-7H2. The monoisotopic (exact) mass is 150 g/mol. The van der Waals surface area contributed by atoms with Crippen molar-refractivity contribution in [3.63, 3.8) is 0 Å². The van der Waals surface area contributed by atoms with Gasteiger partial charge in [0.1, 0.15) is 0 Å². The Kier molecular flexibility index (Phi) is 2.06. The van der Waals surface area contributed by atoms with E-state index in [4.69, 9.17) is 0 Å². The first-order valence-corrected chi connectivity index (χ1v) is 4.26. The summed E-state index contributed by atoms with van der Waals surface area (Å²) in [7, 11) is 0. The fourth-order valence-corrected chi connectivity index (χ4v) is 1.66. The normalized spacial score (nSPS) is 36.4. The molecular formula is C9H14N2. The molecule has 1 aliphatic carbocycles. The summed E-state index contributed by atoms with van der Waals surface area (Å²) in [6, 6.07) is 0.565. The number of allylic oxidation sites excluding steroid dienone is 2. The van der Waals surface area contributed by atoms with Crippen molar-refractivity contribution in [1.29, 1.82) is 0 Å². The van der Waals surface area contributed by atoms with Crippen LogP contribution in [0.3, 0.4) is 0 Å². The van der Waals surface area contributed by atoms with Gasteiger partial charge in [-0.25, -0.2) is 0 Å². The van der Waals surface area contributed by atoms with Crippen LogP contribution in [0.25, 0.3) is 0 Å². The largest absolute Gasteiger partial charge is 0.315 e. The molecule has 2 heteroatoms. The first kappa shape index (κ1) is 7.07. The molecule has 1 aliphatic heterocycles. The third-order valence-corrected chi connectivity index (χ3v) is 2.31. The predicted octanol–water partition coefficient (Wildman–Crippen LogP) is 0.290. The molecule has 11 heavy (non-hydrogen) atoms. The molecular weight excluding hydrogens is 136 g/mol. The average molecular weight is 150 g/mol. The Balaban J connectivity index is 2.07. The second kappa shape index (κ2) is 3.20. The van der Waals surface area contributed by atoms with Crippen LogP contribution in [0.5, 0.6) is 0 Å². The molecule has 2 rings (SSSR count). The van der Waals surface area contributed by atoms with E-state index < -0.39 is 0 Å². The molecule has 0 aromatic rings. The highest BCUT2D eigenvalue weighted by molar-refractivity contribution is 5.18. The summed E-state index contributed by atoms with van der Waals surface area (Å²) in [5, 5.41) is 6.88. The van der Waals surface area contributed by atoms with Crippen LogP contribution in [0.2, 0.25) is 0 Å². The smallest absolute Gasteiger partial charge is 0.0328 e. The van der Waals surface area contributed by atoms with Gasteiger partial charge in [0.15, 0.2) is 0 Å². The number of rotatable bonds is 0. The summed E-state index contributed by atoms with van der Waals surface area (Å²) in [4.78, 5) is 0. The van der Waals surface area contributed by atoms with Gasteiger partial charge in [-0.1, -0.05) is 24.3 Å². The van der Waals surface area contributed by atoms with Crippen molar-refractivity contribution in [3.8, 4) is 0 Å². The van der Waals surface area contributed by atoms with E-state index in [9.17, 15) is 0 Å². The van der Waals surface area contributed by atoms with Crippen LogP contribution >= 0.6 is 0 Å². The van der Waals surface area contributed by atoms with Crippen molar-refractivity contribution in [2.24, 2.45) is 5.92 Å². The summed E-state index contributed by atoms with van der Waals surface area (Å²) in [5.74, 6) is 0.655. The van der Waals surface area contributed by atoms with E-state index in [0.717, 1.165) is 19.6 Å². The van der Waals surface area contributed by atoms with Crippen molar-refractivity contribution in [2.75, 3.05) is 19.6 Å². The van der Waals surface area contributed by atoms with Crippen LogP contribution in [0.1, 0.15) is 0 Å². The van der Waals surface area contributed by atoms with E-state index >= 15 is 0 Å². The van der Waals surface area contributed by atoms with Gasteiger partial charge in [-0.2, -0.15) is 0 Å². The molecule has 2 N–H and O–H groups in total. The Morgan fingerprint density at radius 1 is 1.09 bits per heavy atom. The van der Waals surface area contributed by atoms with Crippen molar-refractivity contribution >= 4 is 0 Å². The Labute approximate surface area is 67.4 Å². The highest BCUT2D eigenvalue weighted by Gasteiger charge is 2.19. The van der Waals surface area contributed by atoms with E-state index in [-0.39, 0.29) is 0 Å². The van der Waals surface area contributed by atoms with E-state index in [1.54, 1.807) is 0 Å². The molecule has 0 aromatic heterocycles. The van der Waals surface area contributed by atoms with Crippen LogP contribution in [-0.4, -0.2) is 25.7 Å². The first-order valence-electron chi connectivity index (χ1n) is 4.26. The van der Waals surface area contributed by atoms with Gasteiger partial charge in [-0.3, -0.25) is 0 Å². The van der Waals surface area contributed by atoms with Crippen molar-refractivity contribution < 1.29 is 0 Å². The molecule has 1 heterocycles. The van der Waals surface area contributed by atoms with Crippen molar-refractivity contribution in [2.45, 2.75) is 6.04 Å². The second-order valence-electron chi connectivity index (χ2n) is 3.12. The topological polar surface area (TPSA) is 24.1 Å². The number of hydrogen-bond acceptors (Lipinski definition) is 2. The van der Waals surface area contributed by atoms with Crippen LogP contribution < -0.4 is 10.6 Å². The summed E-state index contributed by atoms with van der Waals surface area (Å²) in [5.41, 5.74) is 0. The quantitative estimate of drug-likeness (QED) is 0.518. The minimum absolute atomic E-state index is 0.565. The van der Waals surface area contributed by atoms with Crippen LogP contribution in [0.15, 0.2) is 24.3 Å². The third-order valence-electron chi connectivity index (χ3n) is 2.31. The average Bonchev–Trinajstić information content (AvgIpc) is 2.28. The van der Waals surface area contributed by atoms with E-state index in [0.29, 0.717) is 12.0 Å². The van der Waals surface area contributed by atoms with Gasteiger partial charge in [0.05, 0.1) is 0 Å². The lowest BCUT2D eigenvalue weighted by molar-refractivity contribution is 0.507. The molecule has 0 radical (unpaired) electrons. The number of hydrogen-bond donors (Lipinski definition) is 2. The number of fused-ring (bicyclic) bond motifs is 1. The van der Waals surface area contributed by atoms with Crippen LogP contribution in [-0.2, 0) is 0 Å². The lowest BCUT2D eigenvalue weighted by Gasteiger charge is -2.21. The van der Waals surface area contributed by atoms with Crippen LogP contribution in [0, 0.1) is 5.92 Å². The molecule has 0 bridgehead atoms. The molecule has 1 saturated heterocycles. The maximum atomic E-state index is 3.48. The van der Waals surface area contributed by atoms with Gasteiger partial charge >= 0.3 is 0 Å². The Morgan fingerprint density at radius 2 is 2.00 bits per heavy atom. The fourth-order valence-electron chi connectivity index (χ4n) is 1.66. The van der Waals surface area contributed by atoms with E-state index in [1.807, 2.05) is 0 Å². The van der Waals surface area contributed by atoms with Gasteiger partial charge < -0.3 is 10.6 Å². The first-order chi connectivity index (χ1) is 5.47. The van der Waals surface area contributed by atoms with Crippen molar-refractivity contribution in [3.05, 3.63) is 24.3 Å². The molecule has 2 aliphatic rings. The fraction of sp³-hybridized carbons (Fsp3) is 0.556. The minimum atomic E-state index is 0.565. The highest BCUT2D eigenvalue weighted by atomic mass is 15.0. The maximum Gasteiger partial charge on any atom is 0.0328 e. The molecule has 0 spiro atoms. The lowest BCUT2D eigenvalue weighted by atomic mass is 9.96. The zero-order valence-electron chi connectivity index (χ0n) is 6.59. The lowest BCUT2D eigenvalue weighted by Crippen LogP contribution is -2.34. The van der Waals surface area contributed by atoms with E-state index in [2.05, 4.69) is 34.9 Å². The Hall–Kier alpha value is -0.600. The molecule has 2 atom stereocenters. The molecule has 2 nitrogen and oxygen atoms in total. The van der Waals surface area contributed by atoms with Crippen LogP contribution in [0.4, 0.5) is 0 Å². The molecule has 0 aromatic carbocycles. The summed E-state index contributed by atoms with van der Waals surface area (Å²) in [6.07, 6.45) is 8.78. The summed E-state index contributed by atoms with van der Waals surface area (Å²) < 4.78 is 0. The molecule has 1 fully saturated rings. The number of nitrogens with one attached hydrogen (secondary N) is 2. The second-order valence-corrected chi connectivity index (χ2v) is 3.12. The molecule has 0 amide bonds. The molecule has 2 unspecified atom stereocenters. The Bertz CT molecular complexity index is 164. The highest BCUT2D eigenvalue weighted by Crippen LogP contribution is 2.12. The minimum Gasteiger partial charge on any atom is -0.315 e.